The van der Waals surface area contributed by atoms with Crippen LogP contribution in [0.2, 0.25) is 0 Å². The van der Waals surface area contributed by atoms with Crippen molar-refractivity contribution < 1.29 is 8.42 Å². The average Bonchev–Trinajstić information content (AvgIpc) is 3.12. The number of aromatic nitrogens is 2. The maximum Gasteiger partial charge on any atom is 0.244 e. The summed E-state index contributed by atoms with van der Waals surface area (Å²) in [7, 11) is -3.66. The Kier molecular flexibility index (Phi) is 4.89. The lowest BCUT2D eigenvalue weighted by molar-refractivity contribution is 0.180. The first kappa shape index (κ1) is 18.6. The highest BCUT2D eigenvalue weighted by atomic mass is 32.2. The van der Waals surface area contributed by atoms with Crippen molar-refractivity contribution in [3.8, 4) is 6.07 Å². The van der Waals surface area contributed by atoms with Crippen molar-refractivity contribution in [2.45, 2.75) is 18.4 Å². The van der Waals surface area contributed by atoms with Crippen LogP contribution in [0.3, 0.4) is 0 Å². The molecule has 1 saturated heterocycles. The smallest absolute Gasteiger partial charge is 0.244 e. The highest BCUT2D eigenvalue weighted by Crippen LogP contribution is 2.21. The molecule has 1 aliphatic heterocycles. The predicted molar refractivity (Wildman–Crippen MR) is 105 cm³/mol. The van der Waals surface area contributed by atoms with Gasteiger partial charge >= 0.3 is 0 Å². The summed E-state index contributed by atoms with van der Waals surface area (Å²) in [5.41, 5.74) is 3.23. The van der Waals surface area contributed by atoms with Crippen LogP contribution in [0.4, 0.5) is 0 Å². The number of aryl methyl sites for hydroxylation is 1. The number of pyridine rings is 1. The molecule has 0 aliphatic carbocycles. The highest BCUT2D eigenvalue weighted by molar-refractivity contribution is 7.89. The van der Waals surface area contributed by atoms with E-state index in [1.54, 1.807) is 12.1 Å². The zero-order valence-electron chi connectivity index (χ0n) is 15.6. The van der Waals surface area contributed by atoms with E-state index >= 15 is 0 Å². The molecule has 0 saturated carbocycles. The molecule has 0 amide bonds. The van der Waals surface area contributed by atoms with Crippen molar-refractivity contribution >= 4 is 15.7 Å². The number of imidazole rings is 1. The Morgan fingerprint density at radius 3 is 2.57 bits per heavy atom. The van der Waals surface area contributed by atoms with Crippen LogP contribution >= 0.6 is 0 Å². The molecule has 0 spiro atoms. The van der Waals surface area contributed by atoms with Gasteiger partial charge in [-0.15, -0.1) is 0 Å². The van der Waals surface area contributed by atoms with E-state index in [1.165, 1.54) is 16.4 Å². The summed E-state index contributed by atoms with van der Waals surface area (Å²) in [6, 6.07) is 12.4. The summed E-state index contributed by atoms with van der Waals surface area (Å²) < 4.78 is 29.3. The second-order valence-corrected chi connectivity index (χ2v) is 8.85. The van der Waals surface area contributed by atoms with Gasteiger partial charge in [-0.2, -0.15) is 9.57 Å². The van der Waals surface area contributed by atoms with E-state index < -0.39 is 10.0 Å². The minimum Gasteiger partial charge on any atom is -0.307 e. The van der Waals surface area contributed by atoms with Gasteiger partial charge in [-0.25, -0.2) is 13.4 Å². The van der Waals surface area contributed by atoms with Crippen LogP contribution in [0.5, 0.6) is 0 Å². The maximum absolute atomic E-state index is 12.9. The summed E-state index contributed by atoms with van der Waals surface area (Å²) >= 11 is 0. The van der Waals surface area contributed by atoms with Gasteiger partial charge < -0.3 is 4.40 Å². The van der Waals surface area contributed by atoms with Gasteiger partial charge in [-0.05, 0) is 30.7 Å². The van der Waals surface area contributed by atoms with Crippen molar-refractivity contribution in [2.24, 2.45) is 0 Å². The monoisotopic (exact) mass is 395 g/mol. The van der Waals surface area contributed by atoms with Crippen molar-refractivity contribution in [3.05, 3.63) is 65.6 Å². The van der Waals surface area contributed by atoms with E-state index in [2.05, 4.69) is 4.90 Å². The Morgan fingerprint density at radius 1 is 1.11 bits per heavy atom. The zero-order valence-corrected chi connectivity index (χ0v) is 16.4. The number of hydrogen-bond donors (Lipinski definition) is 0. The van der Waals surface area contributed by atoms with Crippen LogP contribution in [0.25, 0.3) is 5.65 Å². The number of piperazine rings is 1. The van der Waals surface area contributed by atoms with Crippen molar-refractivity contribution in [3.63, 3.8) is 0 Å². The molecule has 0 bridgehead atoms. The molecule has 0 N–H and O–H groups in total. The van der Waals surface area contributed by atoms with Gasteiger partial charge in [0.2, 0.25) is 10.0 Å². The first-order valence-electron chi connectivity index (χ1n) is 9.14. The van der Waals surface area contributed by atoms with E-state index in [0.29, 0.717) is 32.7 Å². The van der Waals surface area contributed by atoms with Crippen molar-refractivity contribution in [1.29, 1.82) is 5.26 Å². The fourth-order valence-electron chi connectivity index (χ4n) is 3.56. The largest absolute Gasteiger partial charge is 0.307 e. The van der Waals surface area contributed by atoms with E-state index in [9.17, 15) is 13.7 Å². The first-order chi connectivity index (χ1) is 13.5. The second kappa shape index (κ2) is 7.36. The number of nitrogens with zero attached hydrogens (tertiary/aromatic N) is 5. The topological polar surface area (TPSA) is 81.7 Å². The van der Waals surface area contributed by atoms with Crippen LogP contribution in [0.1, 0.15) is 16.8 Å². The lowest BCUT2D eigenvalue weighted by atomic mass is 10.2. The Hall–Kier alpha value is -2.73. The highest BCUT2D eigenvalue weighted by Gasteiger charge is 2.30. The minimum absolute atomic E-state index is 0.0850. The van der Waals surface area contributed by atoms with Gasteiger partial charge in [0.15, 0.2) is 0 Å². The molecular formula is C20H21N5O2S. The third-order valence-electron chi connectivity index (χ3n) is 5.07. The fourth-order valence-corrected chi connectivity index (χ4v) is 5.13. The Labute approximate surface area is 164 Å². The summed E-state index contributed by atoms with van der Waals surface area (Å²) in [6.45, 7) is 4.77. The Balaban J connectivity index is 1.45. The normalized spacial score (nSPS) is 16.3. The number of hydrogen-bond acceptors (Lipinski definition) is 5. The summed E-state index contributed by atoms with van der Waals surface area (Å²) in [5, 5.41) is 9.22. The van der Waals surface area contributed by atoms with E-state index in [1.807, 2.05) is 41.9 Å². The quantitative estimate of drug-likeness (QED) is 0.675. The molecular weight excluding hydrogens is 374 g/mol. The third-order valence-corrected chi connectivity index (χ3v) is 7.03. The number of rotatable bonds is 4. The number of fused-ring (bicyclic) bond motifs is 1. The summed E-state index contributed by atoms with van der Waals surface area (Å²) in [6.07, 6.45) is 4.00. The van der Waals surface area contributed by atoms with Crippen molar-refractivity contribution in [1.82, 2.24) is 18.6 Å². The van der Waals surface area contributed by atoms with Crippen LogP contribution in [-0.2, 0) is 16.6 Å². The molecule has 144 valence electrons. The number of sulfonamides is 1. The molecule has 3 aromatic rings. The molecule has 0 atom stereocenters. The molecule has 1 aliphatic rings. The molecule has 1 fully saturated rings. The number of nitriles is 1. The molecule has 3 heterocycles. The molecule has 28 heavy (non-hydrogen) atoms. The van der Waals surface area contributed by atoms with Gasteiger partial charge in [-0.1, -0.05) is 18.2 Å². The van der Waals surface area contributed by atoms with Gasteiger partial charge in [0.25, 0.3) is 0 Å². The predicted octanol–water partition coefficient (Wildman–Crippen LogP) is 2.02. The van der Waals surface area contributed by atoms with Crippen LogP contribution in [0.15, 0.2) is 53.7 Å². The van der Waals surface area contributed by atoms with Crippen LogP contribution in [-0.4, -0.2) is 53.2 Å². The lowest BCUT2D eigenvalue weighted by Crippen LogP contribution is -2.48. The standard InChI is InChI=1S/C20H21N5O2S/c1-16-5-4-8-24-15-18(22-20(16)24)14-23-9-11-25(12-10-23)28(26,27)19-7-3-2-6-17(19)13-21/h2-8,15H,9-12,14H2,1H3. The Bertz CT molecular complexity index is 1150. The maximum atomic E-state index is 12.9. The minimum atomic E-state index is -3.66. The fraction of sp³-hybridized carbons (Fsp3) is 0.300. The van der Waals surface area contributed by atoms with Gasteiger partial charge in [0.1, 0.15) is 11.7 Å². The Morgan fingerprint density at radius 2 is 1.86 bits per heavy atom. The molecule has 7 nitrogen and oxygen atoms in total. The molecule has 1 aromatic carbocycles. The zero-order chi connectivity index (χ0) is 19.7. The summed E-state index contributed by atoms with van der Waals surface area (Å²) in [5.74, 6) is 0. The van der Waals surface area contributed by atoms with Crippen molar-refractivity contribution in [2.75, 3.05) is 26.2 Å². The van der Waals surface area contributed by atoms with Crippen LogP contribution < -0.4 is 0 Å². The third kappa shape index (κ3) is 3.40. The first-order valence-corrected chi connectivity index (χ1v) is 10.6. The number of benzene rings is 1. The molecule has 0 unspecified atom stereocenters. The molecule has 4 rings (SSSR count). The molecule has 2 aromatic heterocycles. The van der Waals surface area contributed by atoms with Gasteiger partial charge in [0, 0.05) is 45.1 Å². The summed E-state index contributed by atoms with van der Waals surface area (Å²) in [4.78, 5) is 6.99. The van der Waals surface area contributed by atoms with Crippen LogP contribution in [0, 0.1) is 18.3 Å². The average molecular weight is 395 g/mol. The SMILES string of the molecule is Cc1cccn2cc(CN3CCN(S(=O)(=O)c4ccccc4C#N)CC3)nc12. The molecule has 8 heteroatoms. The van der Waals surface area contributed by atoms with Gasteiger partial charge in [0.05, 0.1) is 16.2 Å². The van der Waals surface area contributed by atoms with Gasteiger partial charge in [-0.3, -0.25) is 4.90 Å². The van der Waals surface area contributed by atoms with E-state index in [-0.39, 0.29) is 10.5 Å². The van der Waals surface area contributed by atoms with E-state index in [0.717, 1.165) is 16.9 Å². The van der Waals surface area contributed by atoms with E-state index in [4.69, 9.17) is 4.98 Å². The second-order valence-electron chi connectivity index (χ2n) is 6.94. The molecule has 0 radical (unpaired) electrons. The lowest BCUT2D eigenvalue weighted by Gasteiger charge is -2.33.